The van der Waals surface area contributed by atoms with Crippen LogP contribution in [0.2, 0.25) is 0 Å². The first-order chi connectivity index (χ1) is 17.1. The molecule has 2 aliphatic rings. The van der Waals surface area contributed by atoms with Gasteiger partial charge in [-0.05, 0) is 79.0 Å². The molecule has 190 valence electrons. The molecule has 2 atom stereocenters. The molecule has 0 saturated heterocycles. The van der Waals surface area contributed by atoms with Crippen molar-refractivity contribution in [3.8, 4) is 0 Å². The number of Topliss-reactive ketones (excluding diaryl/α,β-unsaturated/α-hetero) is 1. The van der Waals surface area contributed by atoms with Gasteiger partial charge in [0.1, 0.15) is 5.78 Å². The van der Waals surface area contributed by atoms with Crippen LogP contribution in [-0.2, 0) is 25.8 Å². The summed E-state index contributed by atoms with van der Waals surface area (Å²) in [7, 11) is -4.36. The van der Waals surface area contributed by atoms with Gasteiger partial charge in [0.25, 0.3) is 0 Å². The zero-order valence-corrected chi connectivity index (χ0v) is 23.3. The van der Waals surface area contributed by atoms with Gasteiger partial charge in [-0.15, -0.1) is 11.8 Å². The SMILES string of the molecule is CC1(C)C2CCC1(CS(=O)(=O)[O-])C(=O)C2.CSc1ccc([S+](c2ccccc2)c2ccccc2)cc1. The van der Waals surface area contributed by atoms with Gasteiger partial charge in [0.15, 0.2) is 14.7 Å². The summed E-state index contributed by atoms with van der Waals surface area (Å²) in [4.78, 5) is 17.2. The molecule has 0 heterocycles. The van der Waals surface area contributed by atoms with Crippen LogP contribution in [0.15, 0.2) is 105 Å². The van der Waals surface area contributed by atoms with Gasteiger partial charge >= 0.3 is 0 Å². The van der Waals surface area contributed by atoms with Gasteiger partial charge in [0.05, 0.1) is 26.8 Å². The van der Waals surface area contributed by atoms with Gasteiger partial charge < -0.3 is 4.55 Å². The highest BCUT2D eigenvalue weighted by Gasteiger charge is 2.64. The fourth-order valence-corrected chi connectivity index (χ4v) is 9.42. The summed E-state index contributed by atoms with van der Waals surface area (Å²) < 4.78 is 32.7. The van der Waals surface area contributed by atoms with Crippen LogP contribution in [0.1, 0.15) is 33.1 Å². The third-order valence-corrected chi connectivity index (χ3v) is 11.6. The Labute approximate surface area is 222 Å². The molecule has 0 aliphatic heterocycles. The molecule has 2 fully saturated rings. The Balaban J connectivity index is 0.000000179. The number of hydrogen-bond donors (Lipinski definition) is 0. The van der Waals surface area contributed by atoms with Crippen LogP contribution >= 0.6 is 11.8 Å². The number of thioether (sulfide) groups is 1. The highest BCUT2D eigenvalue weighted by molar-refractivity contribution is 7.98. The summed E-state index contributed by atoms with van der Waals surface area (Å²) in [5.41, 5.74) is -1.22. The number of benzene rings is 3. The monoisotopic (exact) mass is 540 g/mol. The Bertz CT molecular complexity index is 1250. The molecule has 5 rings (SSSR count). The molecule has 2 unspecified atom stereocenters. The van der Waals surface area contributed by atoms with E-state index in [9.17, 15) is 17.8 Å². The van der Waals surface area contributed by atoms with E-state index in [2.05, 4.69) is 91.2 Å². The van der Waals surface area contributed by atoms with Crippen LogP contribution in [0.25, 0.3) is 0 Å². The van der Waals surface area contributed by atoms with Crippen molar-refractivity contribution in [2.24, 2.45) is 16.7 Å². The van der Waals surface area contributed by atoms with Crippen molar-refractivity contribution in [1.29, 1.82) is 0 Å². The molecular formula is C29H32O4S3. The maximum Gasteiger partial charge on any atom is 0.166 e. The largest absolute Gasteiger partial charge is 0.748 e. The number of rotatable bonds is 6. The molecule has 7 heteroatoms. The third-order valence-electron chi connectivity index (χ3n) is 7.82. The number of hydrogen-bond acceptors (Lipinski definition) is 5. The van der Waals surface area contributed by atoms with Crippen molar-refractivity contribution in [3.05, 3.63) is 84.9 Å². The van der Waals surface area contributed by atoms with Crippen LogP contribution in [0.3, 0.4) is 0 Å². The predicted molar refractivity (Wildman–Crippen MR) is 146 cm³/mol. The Kier molecular flexibility index (Phi) is 8.05. The van der Waals surface area contributed by atoms with Crippen LogP contribution in [-0.4, -0.2) is 30.8 Å². The molecule has 0 aromatic heterocycles. The fourth-order valence-electron chi connectivity index (χ4n) is 5.64. The predicted octanol–water partition coefficient (Wildman–Crippen LogP) is 6.43. The van der Waals surface area contributed by atoms with Crippen molar-refractivity contribution in [2.75, 3.05) is 12.0 Å². The second-order valence-corrected chi connectivity index (χ2v) is 14.3. The minimum atomic E-state index is -4.33. The van der Waals surface area contributed by atoms with E-state index in [4.69, 9.17) is 0 Å². The maximum absolute atomic E-state index is 11.8. The Hall–Kier alpha value is -2.06. The summed E-state index contributed by atoms with van der Waals surface area (Å²) in [6.45, 7) is 3.83. The highest BCUT2D eigenvalue weighted by Crippen LogP contribution is 2.64. The molecule has 0 amide bonds. The lowest BCUT2D eigenvalue weighted by Gasteiger charge is -2.37. The van der Waals surface area contributed by atoms with Crippen molar-refractivity contribution >= 4 is 38.6 Å². The Morgan fingerprint density at radius 1 is 0.889 bits per heavy atom. The molecule has 0 N–H and O–H groups in total. The molecule has 2 saturated carbocycles. The summed E-state index contributed by atoms with van der Waals surface area (Å²) in [6.07, 6.45) is 3.99. The lowest BCUT2D eigenvalue weighted by molar-refractivity contribution is -0.128. The molecular weight excluding hydrogens is 509 g/mol. The molecule has 3 aromatic rings. The van der Waals surface area contributed by atoms with Crippen LogP contribution < -0.4 is 0 Å². The molecule has 0 spiro atoms. The van der Waals surface area contributed by atoms with E-state index in [1.165, 1.54) is 19.6 Å². The Morgan fingerprint density at radius 3 is 1.78 bits per heavy atom. The van der Waals surface area contributed by atoms with E-state index in [-0.39, 0.29) is 28.0 Å². The summed E-state index contributed by atoms with van der Waals surface area (Å²) in [5, 5.41) is 0. The van der Waals surface area contributed by atoms with Gasteiger partial charge in [0, 0.05) is 16.7 Å². The normalized spacial score (nSPS) is 22.4. The summed E-state index contributed by atoms with van der Waals surface area (Å²) in [6, 6.07) is 30.5. The van der Waals surface area contributed by atoms with Crippen molar-refractivity contribution in [2.45, 2.75) is 52.7 Å². The van der Waals surface area contributed by atoms with E-state index in [1.807, 2.05) is 13.8 Å². The summed E-state index contributed by atoms with van der Waals surface area (Å²) >= 11 is 1.78. The first-order valence-corrected chi connectivity index (χ1v) is 16.1. The average Bonchev–Trinajstić information content (AvgIpc) is 3.20. The van der Waals surface area contributed by atoms with Gasteiger partial charge in [-0.1, -0.05) is 50.2 Å². The topological polar surface area (TPSA) is 74.3 Å². The molecule has 3 aromatic carbocycles. The van der Waals surface area contributed by atoms with Gasteiger partial charge in [0.2, 0.25) is 0 Å². The van der Waals surface area contributed by atoms with Gasteiger partial charge in [-0.25, -0.2) is 8.42 Å². The quantitative estimate of drug-likeness (QED) is 0.205. The average molecular weight is 541 g/mol. The number of fused-ring (bicyclic) bond motifs is 2. The molecule has 2 bridgehead atoms. The Morgan fingerprint density at radius 2 is 1.39 bits per heavy atom. The second-order valence-electron chi connectivity index (χ2n) is 9.98. The van der Waals surface area contributed by atoms with Crippen molar-refractivity contribution < 1.29 is 17.8 Å². The fraction of sp³-hybridized carbons (Fsp3) is 0.345. The van der Waals surface area contributed by atoms with Crippen LogP contribution in [0.4, 0.5) is 0 Å². The van der Waals surface area contributed by atoms with Crippen LogP contribution in [0.5, 0.6) is 0 Å². The van der Waals surface area contributed by atoms with E-state index in [0.29, 0.717) is 12.8 Å². The van der Waals surface area contributed by atoms with Gasteiger partial charge in [-0.3, -0.25) is 4.79 Å². The van der Waals surface area contributed by atoms with E-state index < -0.39 is 21.3 Å². The second kappa shape index (κ2) is 10.7. The zero-order valence-electron chi connectivity index (χ0n) is 20.8. The number of ketones is 1. The maximum atomic E-state index is 11.8. The van der Waals surface area contributed by atoms with Crippen LogP contribution in [0, 0.1) is 16.7 Å². The van der Waals surface area contributed by atoms with E-state index >= 15 is 0 Å². The third kappa shape index (κ3) is 5.44. The number of carbonyl (C=O) groups is 1. The standard InChI is InChI=1S/C19H17S2.C10H16O4S/c1-20-16-12-14-19(15-13-16)21(17-8-4-2-5-9-17)18-10-6-3-7-11-18;1-9(2)7-3-4-10(9,8(11)5-7)6-15(12,13)14/h2-15H,1H3;7H,3-6H2,1-2H3,(H,12,13,14)/q+1;/p-1. The lowest BCUT2D eigenvalue weighted by Crippen LogP contribution is -2.42. The first kappa shape index (κ1) is 27.0. The summed E-state index contributed by atoms with van der Waals surface area (Å²) in [5.74, 6) is -0.280. The minimum absolute atomic E-state index is 0.0248. The smallest absolute Gasteiger partial charge is 0.166 e. The minimum Gasteiger partial charge on any atom is -0.748 e. The molecule has 0 radical (unpaired) electrons. The van der Waals surface area contributed by atoms with Gasteiger partial charge in [-0.2, -0.15) is 0 Å². The molecule has 36 heavy (non-hydrogen) atoms. The lowest BCUT2D eigenvalue weighted by atomic mass is 9.70. The molecule has 2 aliphatic carbocycles. The zero-order chi connectivity index (χ0) is 26.0. The number of carbonyl (C=O) groups excluding carboxylic acids is 1. The highest BCUT2D eigenvalue weighted by atomic mass is 32.2. The first-order valence-electron chi connectivity index (χ1n) is 12.0. The van der Waals surface area contributed by atoms with E-state index in [0.717, 1.165) is 6.42 Å². The molecule has 4 nitrogen and oxygen atoms in total. The van der Waals surface area contributed by atoms with Crippen molar-refractivity contribution in [3.63, 3.8) is 0 Å². The van der Waals surface area contributed by atoms with Crippen molar-refractivity contribution in [1.82, 2.24) is 0 Å². The van der Waals surface area contributed by atoms with E-state index in [1.54, 1.807) is 11.8 Å².